The van der Waals surface area contributed by atoms with E-state index < -0.39 is 12.0 Å². The Labute approximate surface area is 94.8 Å². The minimum absolute atomic E-state index is 0.219. The van der Waals surface area contributed by atoms with Crippen molar-refractivity contribution in [3.63, 3.8) is 0 Å². The number of carboxylic acids is 1. The van der Waals surface area contributed by atoms with Crippen molar-refractivity contribution in [1.82, 2.24) is 0 Å². The average molecular weight is 226 g/mol. The molecular formula is C11H18N2O3. The highest BCUT2D eigenvalue weighted by molar-refractivity contribution is 5.73. The van der Waals surface area contributed by atoms with Crippen LogP contribution in [0.3, 0.4) is 0 Å². The van der Waals surface area contributed by atoms with E-state index in [1.54, 1.807) is 6.07 Å². The Bertz CT molecular complexity index is 345. The highest BCUT2D eigenvalue weighted by Crippen LogP contribution is 2.18. The highest BCUT2D eigenvalue weighted by Gasteiger charge is 2.15. The molecule has 0 spiro atoms. The van der Waals surface area contributed by atoms with Gasteiger partial charge in [-0.05, 0) is 19.9 Å². The van der Waals surface area contributed by atoms with Crippen LogP contribution in [0.2, 0.25) is 0 Å². The summed E-state index contributed by atoms with van der Waals surface area (Å²) >= 11 is 0. The molecule has 1 aromatic heterocycles. The number of nitrogens with two attached hydrogens (primary N) is 1. The van der Waals surface area contributed by atoms with E-state index in [4.69, 9.17) is 15.3 Å². The number of hydrogen-bond donors (Lipinski definition) is 2. The summed E-state index contributed by atoms with van der Waals surface area (Å²) < 4.78 is 5.53. The molecule has 16 heavy (non-hydrogen) atoms. The summed E-state index contributed by atoms with van der Waals surface area (Å²) in [6.45, 7) is 5.78. The SMILES string of the molecule is CCN(CC)c1ccc(CC(N)C(=O)O)o1. The highest BCUT2D eigenvalue weighted by atomic mass is 16.4. The number of aliphatic carboxylic acids is 1. The van der Waals surface area contributed by atoms with Crippen molar-refractivity contribution < 1.29 is 14.3 Å². The molecule has 5 nitrogen and oxygen atoms in total. The van der Waals surface area contributed by atoms with E-state index in [2.05, 4.69) is 4.90 Å². The lowest BCUT2D eigenvalue weighted by Gasteiger charge is -2.16. The number of hydrogen-bond acceptors (Lipinski definition) is 4. The molecule has 1 heterocycles. The van der Waals surface area contributed by atoms with Crippen molar-refractivity contribution >= 4 is 11.9 Å². The van der Waals surface area contributed by atoms with Crippen LogP contribution < -0.4 is 10.6 Å². The lowest BCUT2D eigenvalue weighted by molar-refractivity contribution is -0.138. The van der Waals surface area contributed by atoms with Gasteiger partial charge < -0.3 is 20.2 Å². The molecule has 0 bridgehead atoms. The minimum Gasteiger partial charge on any atom is -0.480 e. The van der Waals surface area contributed by atoms with Crippen LogP contribution >= 0.6 is 0 Å². The molecule has 3 N–H and O–H groups in total. The summed E-state index contributed by atoms with van der Waals surface area (Å²) in [5.41, 5.74) is 5.43. The second kappa shape index (κ2) is 5.55. The predicted octanol–water partition coefficient (Wildman–Crippen LogP) is 1.08. The molecule has 1 unspecified atom stereocenters. The largest absolute Gasteiger partial charge is 0.480 e. The maximum Gasteiger partial charge on any atom is 0.320 e. The molecule has 1 rings (SSSR count). The van der Waals surface area contributed by atoms with Crippen LogP contribution in [0.5, 0.6) is 0 Å². The minimum atomic E-state index is -1.01. The van der Waals surface area contributed by atoms with Crippen LogP contribution in [0, 0.1) is 0 Å². The summed E-state index contributed by atoms with van der Waals surface area (Å²) in [6, 6.07) is 2.71. The van der Waals surface area contributed by atoms with Crippen LogP contribution in [-0.2, 0) is 11.2 Å². The summed E-state index contributed by atoms with van der Waals surface area (Å²) in [6.07, 6.45) is 0.219. The lowest BCUT2D eigenvalue weighted by atomic mass is 10.2. The van der Waals surface area contributed by atoms with E-state index in [0.717, 1.165) is 19.0 Å². The number of nitrogens with zero attached hydrogens (tertiary/aromatic N) is 1. The van der Waals surface area contributed by atoms with Crippen LogP contribution in [0.25, 0.3) is 0 Å². The van der Waals surface area contributed by atoms with Gasteiger partial charge in [-0.15, -0.1) is 0 Å². The summed E-state index contributed by atoms with van der Waals surface area (Å²) in [5.74, 6) is 0.357. The van der Waals surface area contributed by atoms with Gasteiger partial charge >= 0.3 is 5.97 Å². The lowest BCUT2D eigenvalue weighted by Crippen LogP contribution is -2.32. The van der Waals surface area contributed by atoms with E-state index in [1.165, 1.54) is 0 Å². The monoisotopic (exact) mass is 226 g/mol. The van der Waals surface area contributed by atoms with Crippen molar-refractivity contribution in [1.29, 1.82) is 0 Å². The standard InChI is InChI=1S/C11H18N2O3/c1-3-13(4-2)10-6-5-8(16-10)7-9(12)11(14)15/h5-6,9H,3-4,7,12H2,1-2H3,(H,14,15). The van der Waals surface area contributed by atoms with E-state index in [9.17, 15) is 4.79 Å². The molecule has 0 saturated carbocycles. The number of carbonyl (C=O) groups is 1. The molecule has 0 saturated heterocycles. The van der Waals surface area contributed by atoms with Crippen molar-refractivity contribution in [2.24, 2.45) is 5.73 Å². The van der Waals surface area contributed by atoms with Crippen LogP contribution in [0.15, 0.2) is 16.5 Å². The van der Waals surface area contributed by atoms with Gasteiger partial charge in [0, 0.05) is 25.6 Å². The Morgan fingerprint density at radius 3 is 2.62 bits per heavy atom. The fraction of sp³-hybridized carbons (Fsp3) is 0.545. The fourth-order valence-corrected chi connectivity index (χ4v) is 1.49. The number of rotatable bonds is 6. The van der Waals surface area contributed by atoms with E-state index in [0.29, 0.717) is 5.76 Å². The Morgan fingerprint density at radius 2 is 2.12 bits per heavy atom. The predicted molar refractivity (Wildman–Crippen MR) is 61.6 cm³/mol. The zero-order valence-electron chi connectivity index (χ0n) is 9.64. The van der Waals surface area contributed by atoms with E-state index in [1.807, 2.05) is 19.9 Å². The van der Waals surface area contributed by atoms with Gasteiger partial charge in [0.2, 0.25) is 0 Å². The van der Waals surface area contributed by atoms with E-state index in [-0.39, 0.29) is 6.42 Å². The second-order valence-corrected chi connectivity index (χ2v) is 3.56. The zero-order chi connectivity index (χ0) is 12.1. The number of carboxylic acid groups (broad SMARTS) is 1. The van der Waals surface area contributed by atoms with Crippen molar-refractivity contribution in [2.75, 3.05) is 18.0 Å². The molecule has 0 fully saturated rings. The Balaban J connectivity index is 2.67. The molecular weight excluding hydrogens is 208 g/mol. The summed E-state index contributed by atoms with van der Waals surface area (Å²) in [5, 5.41) is 8.67. The van der Waals surface area contributed by atoms with Gasteiger partial charge in [-0.25, -0.2) is 0 Å². The average Bonchev–Trinajstić information content (AvgIpc) is 2.68. The molecule has 90 valence electrons. The van der Waals surface area contributed by atoms with Crippen molar-refractivity contribution in [3.8, 4) is 0 Å². The van der Waals surface area contributed by atoms with E-state index >= 15 is 0 Å². The molecule has 0 amide bonds. The first-order chi connectivity index (χ1) is 7.58. The molecule has 1 aromatic rings. The molecule has 0 aliphatic heterocycles. The molecule has 5 heteroatoms. The summed E-state index contributed by atoms with van der Waals surface area (Å²) in [7, 11) is 0. The topological polar surface area (TPSA) is 79.7 Å². The maximum absolute atomic E-state index is 10.6. The third-order valence-electron chi connectivity index (χ3n) is 2.46. The molecule has 0 aliphatic carbocycles. The Hall–Kier alpha value is -1.49. The Morgan fingerprint density at radius 1 is 1.50 bits per heavy atom. The van der Waals surface area contributed by atoms with Crippen LogP contribution in [0.4, 0.5) is 5.88 Å². The van der Waals surface area contributed by atoms with Gasteiger partial charge in [-0.2, -0.15) is 0 Å². The van der Waals surface area contributed by atoms with Gasteiger partial charge in [0.25, 0.3) is 0 Å². The fourth-order valence-electron chi connectivity index (χ4n) is 1.49. The summed E-state index contributed by atoms with van der Waals surface area (Å²) in [4.78, 5) is 12.6. The first-order valence-corrected chi connectivity index (χ1v) is 5.40. The van der Waals surface area contributed by atoms with Crippen LogP contribution in [-0.4, -0.2) is 30.2 Å². The number of furan rings is 1. The zero-order valence-corrected chi connectivity index (χ0v) is 9.64. The van der Waals surface area contributed by atoms with Gasteiger partial charge in [-0.3, -0.25) is 4.79 Å². The van der Waals surface area contributed by atoms with Gasteiger partial charge in [0.15, 0.2) is 5.88 Å². The van der Waals surface area contributed by atoms with Gasteiger partial charge in [-0.1, -0.05) is 0 Å². The normalized spacial score (nSPS) is 12.4. The molecule has 0 aliphatic rings. The molecule has 0 radical (unpaired) electrons. The second-order valence-electron chi connectivity index (χ2n) is 3.56. The molecule has 1 atom stereocenters. The van der Waals surface area contributed by atoms with Crippen molar-refractivity contribution in [2.45, 2.75) is 26.3 Å². The third kappa shape index (κ3) is 3.00. The smallest absolute Gasteiger partial charge is 0.320 e. The maximum atomic E-state index is 10.6. The number of anilines is 1. The van der Waals surface area contributed by atoms with Gasteiger partial charge in [0.05, 0.1) is 0 Å². The van der Waals surface area contributed by atoms with Crippen molar-refractivity contribution in [3.05, 3.63) is 17.9 Å². The molecule has 0 aromatic carbocycles. The third-order valence-corrected chi connectivity index (χ3v) is 2.46. The Kier molecular flexibility index (Phi) is 4.37. The van der Waals surface area contributed by atoms with Crippen LogP contribution in [0.1, 0.15) is 19.6 Å². The van der Waals surface area contributed by atoms with Gasteiger partial charge in [0.1, 0.15) is 11.8 Å². The quantitative estimate of drug-likeness (QED) is 0.758. The first kappa shape index (κ1) is 12.6. The first-order valence-electron chi connectivity index (χ1n) is 5.40.